The zero-order valence-electron chi connectivity index (χ0n) is 13.1. The normalized spacial score (nSPS) is 13.3. The fourth-order valence-electron chi connectivity index (χ4n) is 2.77. The Balaban J connectivity index is 2.75. The largest absolute Gasteiger partial charge is 0.465 e. The average molecular weight is 264 g/mol. The van der Waals surface area contributed by atoms with Gasteiger partial charge in [-0.05, 0) is 49.3 Å². The molecular weight excluding hydrogens is 236 g/mol. The molecule has 0 aliphatic rings. The molecule has 0 fully saturated rings. The molecule has 2 heteroatoms. The van der Waals surface area contributed by atoms with Crippen molar-refractivity contribution in [3.8, 4) is 5.75 Å². The second-order valence-electron chi connectivity index (χ2n) is 5.72. The molecule has 1 aromatic carbocycles. The van der Waals surface area contributed by atoms with Crippen molar-refractivity contribution in [1.29, 1.82) is 0 Å². The predicted molar refractivity (Wildman–Crippen MR) is 80.6 cm³/mol. The van der Waals surface area contributed by atoms with Gasteiger partial charge in [0.1, 0.15) is 5.75 Å². The Morgan fingerprint density at radius 2 is 1.42 bits per heavy atom. The van der Waals surface area contributed by atoms with Crippen LogP contribution < -0.4 is 4.74 Å². The zero-order chi connectivity index (χ0) is 14.4. The summed E-state index contributed by atoms with van der Waals surface area (Å²) in [7, 11) is 0. The summed E-state index contributed by atoms with van der Waals surface area (Å²) in [5.74, 6) is 2.76. The molecule has 1 aromatic rings. The molecule has 2 nitrogen and oxygen atoms in total. The predicted octanol–water partition coefficient (Wildman–Crippen LogP) is 4.84. The highest BCUT2D eigenvalue weighted by Crippen LogP contribution is 2.32. The molecule has 19 heavy (non-hydrogen) atoms. The molecule has 0 N–H and O–H groups in total. The summed E-state index contributed by atoms with van der Waals surface area (Å²) >= 11 is 0. The first-order valence-corrected chi connectivity index (χ1v) is 7.33. The highest BCUT2D eigenvalue weighted by atomic mass is 16.7. The molecule has 0 amide bonds. The number of ether oxygens (including phenoxy) is 2. The topological polar surface area (TPSA) is 18.5 Å². The Morgan fingerprint density at radius 3 is 1.84 bits per heavy atom. The number of hydrogen-bond acceptors (Lipinski definition) is 2. The van der Waals surface area contributed by atoms with Gasteiger partial charge in [0.2, 0.25) is 0 Å². The summed E-state index contributed by atoms with van der Waals surface area (Å²) in [4.78, 5) is 0. The van der Waals surface area contributed by atoms with Crippen molar-refractivity contribution in [2.45, 2.75) is 53.8 Å². The number of hydrogen-bond donors (Lipinski definition) is 0. The van der Waals surface area contributed by atoms with Gasteiger partial charge in [-0.2, -0.15) is 0 Å². The Hall–Kier alpha value is -1.02. The van der Waals surface area contributed by atoms with E-state index < -0.39 is 0 Å². The Kier molecular flexibility index (Phi) is 6.36. The van der Waals surface area contributed by atoms with Gasteiger partial charge in [0.15, 0.2) is 6.29 Å². The molecular formula is C17H28O2. The Morgan fingerprint density at radius 1 is 0.895 bits per heavy atom. The molecule has 0 aliphatic heterocycles. The van der Waals surface area contributed by atoms with Crippen molar-refractivity contribution in [1.82, 2.24) is 0 Å². The van der Waals surface area contributed by atoms with Gasteiger partial charge in [-0.1, -0.05) is 39.8 Å². The molecule has 0 bridgehead atoms. The smallest absolute Gasteiger partial charge is 0.196 e. The summed E-state index contributed by atoms with van der Waals surface area (Å²) in [5.41, 5.74) is 1.39. The summed E-state index contributed by atoms with van der Waals surface area (Å²) < 4.78 is 11.1. The first-order valence-electron chi connectivity index (χ1n) is 7.33. The van der Waals surface area contributed by atoms with Gasteiger partial charge in [-0.25, -0.2) is 0 Å². The SMILES string of the molecule is CCOC(C)Oc1ccc(C(C(C)C)C(C)C)cc1. The number of benzene rings is 1. The fraction of sp³-hybridized carbons (Fsp3) is 0.647. The van der Waals surface area contributed by atoms with Crippen molar-refractivity contribution in [3.63, 3.8) is 0 Å². The number of rotatable bonds is 7. The summed E-state index contributed by atoms with van der Waals surface area (Å²) in [6.07, 6.45) is -0.193. The standard InChI is InChI=1S/C17H28O2/c1-7-18-14(6)19-16-10-8-15(9-11-16)17(12(2)3)13(4)5/h8-14,17H,7H2,1-6H3. The van der Waals surface area contributed by atoms with Gasteiger partial charge in [0.05, 0.1) is 0 Å². The lowest BCUT2D eigenvalue weighted by molar-refractivity contribution is -0.0613. The van der Waals surface area contributed by atoms with Crippen LogP contribution in [-0.4, -0.2) is 12.9 Å². The van der Waals surface area contributed by atoms with Gasteiger partial charge in [0.25, 0.3) is 0 Å². The van der Waals surface area contributed by atoms with Crippen molar-refractivity contribution < 1.29 is 9.47 Å². The van der Waals surface area contributed by atoms with Gasteiger partial charge in [0, 0.05) is 6.61 Å². The maximum absolute atomic E-state index is 5.69. The molecule has 0 spiro atoms. The van der Waals surface area contributed by atoms with E-state index in [0.29, 0.717) is 24.4 Å². The van der Waals surface area contributed by atoms with Crippen LogP contribution >= 0.6 is 0 Å². The second kappa shape index (κ2) is 7.54. The maximum atomic E-state index is 5.69. The molecule has 108 valence electrons. The Labute approximate surface area is 118 Å². The lowest BCUT2D eigenvalue weighted by Gasteiger charge is -2.25. The summed E-state index contributed by atoms with van der Waals surface area (Å²) in [5, 5.41) is 0. The van der Waals surface area contributed by atoms with Gasteiger partial charge in [-0.15, -0.1) is 0 Å². The van der Waals surface area contributed by atoms with E-state index in [-0.39, 0.29) is 6.29 Å². The first kappa shape index (κ1) is 16.0. The van der Waals surface area contributed by atoms with E-state index in [1.54, 1.807) is 0 Å². The molecule has 1 rings (SSSR count). The summed E-state index contributed by atoms with van der Waals surface area (Å²) in [6, 6.07) is 8.45. The van der Waals surface area contributed by atoms with Crippen LogP contribution in [0.2, 0.25) is 0 Å². The molecule has 0 saturated heterocycles. The fourth-order valence-corrected chi connectivity index (χ4v) is 2.77. The van der Waals surface area contributed by atoms with Crippen LogP contribution in [-0.2, 0) is 4.74 Å². The minimum atomic E-state index is -0.193. The molecule has 1 atom stereocenters. The van der Waals surface area contributed by atoms with E-state index >= 15 is 0 Å². The van der Waals surface area contributed by atoms with E-state index in [4.69, 9.17) is 9.47 Å². The zero-order valence-corrected chi connectivity index (χ0v) is 13.1. The van der Waals surface area contributed by atoms with E-state index in [2.05, 4.69) is 39.8 Å². The summed E-state index contributed by atoms with van der Waals surface area (Å²) in [6.45, 7) is 13.7. The van der Waals surface area contributed by atoms with Crippen LogP contribution in [0.5, 0.6) is 5.75 Å². The van der Waals surface area contributed by atoms with Crippen LogP contribution in [0.15, 0.2) is 24.3 Å². The highest BCUT2D eigenvalue weighted by molar-refractivity contribution is 5.30. The van der Waals surface area contributed by atoms with E-state index in [0.717, 1.165) is 5.75 Å². The third-order valence-corrected chi connectivity index (χ3v) is 3.40. The monoisotopic (exact) mass is 264 g/mol. The lowest BCUT2D eigenvalue weighted by Crippen LogP contribution is -2.16. The molecule has 0 aliphatic carbocycles. The molecule has 0 heterocycles. The lowest BCUT2D eigenvalue weighted by atomic mass is 9.80. The van der Waals surface area contributed by atoms with Crippen LogP contribution in [0.1, 0.15) is 53.0 Å². The minimum absolute atomic E-state index is 0.193. The Bertz CT molecular complexity index is 346. The van der Waals surface area contributed by atoms with E-state index in [1.165, 1.54) is 5.56 Å². The molecule has 0 radical (unpaired) electrons. The van der Waals surface area contributed by atoms with Crippen LogP contribution in [0.4, 0.5) is 0 Å². The minimum Gasteiger partial charge on any atom is -0.465 e. The third kappa shape index (κ3) is 4.87. The van der Waals surface area contributed by atoms with Gasteiger partial charge in [-0.3, -0.25) is 0 Å². The third-order valence-electron chi connectivity index (χ3n) is 3.40. The highest BCUT2D eigenvalue weighted by Gasteiger charge is 2.19. The van der Waals surface area contributed by atoms with Crippen LogP contribution in [0.3, 0.4) is 0 Å². The first-order chi connectivity index (χ1) is 8.95. The molecule has 0 aromatic heterocycles. The van der Waals surface area contributed by atoms with Crippen molar-refractivity contribution in [2.75, 3.05) is 6.61 Å². The van der Waals surface area contributed by atoms with E-state index in [9.17, 15) is 0 Å². The second-order valence-corrected chi connectivity index (χ2v) is 5.72. The van der Waals surface area contributed by atoms with Crippen molar-refractivity contribution in [3.05, 3.63) is 29.8 Å². The van der Waals surface area contributed by atoms with Crippen LogP contribution in [0.25, 0.3) is 0 Å². The quantitative estimate of drug-likeness (QED) is 0.656. The van der Waals surface area contributed by atoms with Crippen molar-refractivity contribution in [2.24, 2.45) is 11.8 Å². The molecule has 0 saturated carbocycles. The maximum Gasteiger partial charge on any atom is 0.196 e. The average Bonchev–Trinajstić information content (AvgIpc) is 2.31. The molecule has 1 unspecified atom stereocenters. The van der Waals surface area contributed by atoms with Gasteiger partial charge >= 0.3 is 0 Å². The van der Waals surface area contributed by atoms with Crippen molar-refractivity contribution >= 4 is 0 Å². The van der Waals surface area contributed by atoms with Gasteiger partial charge < -0.3 is 9.47 Å². The van der Waals surface area contributed by atoms with Crippen LogP contribution in [0, 0.1) is 11.8 Å². The van der Waals surface area contributed by atoms with E-state index in [1.807, 2.05) is 26.0 Å².